The van der Waals surface area contributed by atoms with Crippen molar-refractivity contribution in [3.05, 3.63) is 35.2 Å². The first kappa shape index (κ1) is 8.73. The second-order valence-corrected chi connectivity index (χ2v) is 4.04. The summed E-state index contributed by atoms with van der Waals surface area (Å²) in [5.74, 6) is 0. The molecule has 0 N–H and O–H groups in total. The minimum Gasteiger partial charge on any atom is -0.377 e. The van der Waals surface area contributed by atoms with Gasteiger partial charge in [-0.1, -0.05) is 12.1 Å². The molecular weight excluding hydrogens is 180 g/mol. The molecule has 1 nitrogen and oxygen atoms in total. The molecule has 0 bridgehead atoms. The Morgan fingerprint density at radius 3 is 2.92 bits per heavy atom. The second-order valence-electron chi connectivity index (χ2n) is 3.10. The number of rotatable bonds is 2. The lowest BCUT2D eigenvalue weighted by molar-refractivity contribution is 0.119. The molecule has 1 atom stereocenters. The fourth-order valence-electron chi connectivity index (χ4n) is 1.36. The average Bonchev–Trinajstić information content (AvgIpc) is 2.63. The van der Waals surface area contributed by atoms with Gasteiger partial charge in [0.15, 0.2) is 0 Å². The van der Waals surface area contributed by atoms with Gasteiger partial charge in [-0.2, -0.15) is 0 Å². The summed E-state index contributed by atoms with van der Waals surface area (Å²) in [5.41, 5.74) is 1.25. The first-order chi connectivity index (χ1) is 6.31. The Morgan fingerprint density at radius 1 is 1.31 bits per heavy atom. The summed E-state index contributed by atoms with van der Waals surface area (Å²) in [5, 5.41) is 3.43. The Hall–Kier alpha value is -0.860. The van der Waals surface area contributed by atoms with Crippen molar-refractivity contribution in [2.75, 3.05) is 7.11 Å². The first-order valence-corrected chi connectivity index (χ1v) is 5.19. The molecule has 13 heavy (non-hydrogen) atoms. The Balaban J connectivity index is 2.48. The van der Waals surface area contributed by atoms with E-state index >= 15 is 0 Å². The fourth-order valence-corrected chi connectivity index (χ4v) is 2.20. The van der Waals surface area contributed by atoms with Gasteiger partial charge in [-0.15, -0.1) is 11.3 Å². The highest BCUT2D eigenvalue weighted by atomic mass is 32.1. The Kier molecular flexibility index (Phi) is 2.34. The monoisotopic (exact) mass is 192 g/mol. The lowest BCUT2D eigenvalue weighted by Gasteiger charge is -2.09. The molecule has 0 saturated carbocycles. The standard InChI is InChI=1S/C11H12OS/c1-8(12-2)10-4-3-9-5-6-13-11(9)7-10/h3-8H,1-2H3. The maximum Gasteiger partial charge on any atom is 0.0793 e. The molecule has 0 fully saturated rings. The minimum atomic E-state index is 0.187. The van der Waals surface area contributed by atoms with E-state index in [9.17, 15) is 0 Å². The zero-order chi connectivity index (χ0) is 9.26. The summed E-state index contributed by atoms with van der Waals surface area (Å²) in [6.07, 6.45) is 0.187. The van der Waals surface area contributed by atoms with Gasteiger partial charge in [0.05, 0.1) is 6.10 Å². The molecule has 0 radical (unpaired) electrons. The van der Waals surface area contributed by atoms with Crippen LogP contribution in [0.15, 0.2) is 29.6 Å². The number of hydrogen-bond donors (Lipinski definition) is 0. The van der Waals surface area contributed by atoms with Gasteiger partial charge in [0.1, 0.15) is 0 Å². The largest absolute Gasteiger partial charge is 0.377 e. The predicted octanol–water partition coefficient (Wildman–Crippen LogP) is 3.61. The lowest BCUT2D eigenvalue weighted by atomic mass is 10.1. The van der Waals surface area contributed by atoms with E-state index in [4.69, 9.17) is 4.74 Å². The van der Waals surface area contributed by atoms with E-state index in [1.807, 2.05) is 0 Å². The molecule has 2 rings (SSSR count). The van der Waals surface area contributed by atoms with Gasteiger partial charge in [-0.05, 0) is 35.4 Å². The number of fused-ring (bicyclic) bond motifs is 1. The van der Waals surface area contributed by atoms with Gasteiger partial charge in [-0.3, -0.25) is 0 Å². The van der Waals surface area contributed by atoms with E-state index in [1.54, 1.807) is 18.4 Å². The molecule has 2 aromatic rings. The van der Waals surface area contributed by atoms with Crippen molar-refractivity contribution in [2.45, 2.75) is 13.0 Å². The zero-order valence-electron chi connectivity index (χ0n) is 7.78. The molecule has 0 amide bonds. The average molecular weight is 192 g/mol. The third kappa shape index (κ3) is 1.60. The summed E-state index contributed by atoms with van der Waals surface area (Å²) >= 11 is 1.77. The van der Waals surface area contributed by atoms with E-state index in [1.165, 1.54) is 15.6 Å². The molecule has 0 aliphatic carbocycles. The lowest BCUT2D eigenvalue weighted by Crippen LogP contribution is -1.94. The van der Waals surface area contributed by atoms with E-state index in [0.717, 1.165) is 0 Å². The van der Waals surface area contributed by atoms with Crippen LogP contribution in [0.4, 0.5) is 0 Å². The summed E-state index contributed by atoms with van der Waals surface area (Å²) in [6.45, 7) is 2.06. The van der Waals surface area contributed by atoms with Crippen molar-refractivity contribution in [2.24, 2.45) is 0 Å². The molecule has 2 heteroatoms. The quantitative estimate of drug-likeness (QED) is 0.706. The van der Waals surface area contributed by atoms with Crippen LogP contribution in [-0.2, 0) is 4.74 Å². The maximum absolute atomic E-state index is 5.27. The van der Waals surface area contributed by atoms with E-state index in [0.29, 0.717) is 0 Å². The summed E-state index contributed by atoms with van der Waals surface area (Å²) in [4.78, 5) is 0. The van der Waals surface area contributed by atoms with Crippen LogP contribution in [0.5, 0.6) is 0 Å². The SMILES string of the molecule is COC(C)c1ccc2ccsc2c1. The number of ether oxygens (including phenoxy) is 1. The number of methoxy groups -OCH3 is 1. The molecule has 1 aromatic heterocycles. The molecule has 68 valence electrons. The van der Waals surface area contributed by atoms with Crippen molar-refractivity contribution < 1.29 is 4.74 Å². The van der Waals surface area contributed by atoms with Gasteiger partial charge in [0, 0.05) is 11.8 Å². The van der Waals surface area contributed by atoms with Crippen molar-refractivity contribution in [3.63, 3.8) is 0 Å². The summed E-state index contributed by atoms with van der Waals surface area (Å²) < 4.78 is 6.60. The van der Waals surface area contributed by atoms with Crippen LogP contribution >= 0.6 is 11.3 Å². The third-order valence-corrected chi connectivity index (χ3v) is 3.18. The summed E-state index contributed by atoms with van der Waals surface area (Å²) in [6, 6.07) is 8.62. The van der Waals surface area contributed by atoms with E-state index in [2.05, 4.69) is 36.6 Å². The smallest absolute Gasteiger partial charge is 0.0793 e. The number of hydrogen-bond acceptors (Lipinski definition) is 2. The van der Waals surface area contributed by atoms with Crippen LogP contribution in [0.2, 0.25) is 0 Å². The highest BCUT2D eigenvalue weighted by Crippen LogP contribution is 2.25. The highest BCUT2D eigenvalue weighted by molar-refractivity contribution is 7.17. The molecule has 0 aliphatic heterocycles. The Bertz CT molecular complexity index is 405. The number of benzene rings is 1. The summed E-state index contributed by atoms with van der Waals surface area (Å²) in [7, 11) is 1.74. The molecule has 0 aliphatic rings. The molecule has 0 spiro atoms. The van der Waals surface area contributed by atoms with Crippen LogP contribution in [0.1, 0.15) is 18.6 Å². The molecule has 1 aromatic carbocycles. The minimum absolute atomic E-state index is 0.187. The Morgan fingerprint density at radius 2 is 2.15 bits per heavy atom. The number of thiophene rings is 1. The van der Waals surface area contributed by atoms with Crippen LogP contribution < -0.4 is 0 Å². The van der Waals surface area contributed by atoms with Gasteiger partial charge >= 0.3 is 0 Å². The molecular formula is C11H12OS. The predicted molar refractivity (Wildman–Crippen MR) is 57.2 cm³/mol. The van der Waals surface area contributed by atoms with Crippen molar-refractivity contribution >= 4 is 21.4 Å². The van der Waals surface area contributed by atoms with Crippen molar-refractivity contribution in [3.8, 4) is 0 Å². The van der Waals surface area contributed by atoms with Crippen LogP contribution in [0.3, 0.4) is 0 Å². The van der Waals surface area contributed by atoms with Crippen molar-refractivity contribution in [1.29, 1.82) is 0 Å². The normalized spacial score (nSPS) is 13.4. The van der Waals surface area contributed by atoms with Gasteiger partial charge < -0.3 is 4.74 Å². The van der Waals surface area contributed by atoms with Gasteiger partial charge in [-0.25, -0.2) is 0 Å². The first-order valence-electron chi connectivity index (χ1n) is 4.31. The molecule has 1 unspecified atom stereocenters. The fraction of sp³-hybridized carbons (Fsp3) is 0.273. The zero-order valence-corrected chi connectivity index (χ0v) is 8.60. The Labute approximate surface area is 82.0 Å². The highest BCUT2D eigenvalue weighted by Gasteiger charge is 2.04. The van der Waals surface area contributed by atoms with Crippen LogP contribution in [0, 0.1) is 0 Å². The topological polar surface area (TPSA) is 9.23 Å². The molecule has 0 saturated heterocycles. The van der Waals surface area contributed by atoms with E-state index < -0.39 is 0 Å². The third-order valence-electron chi connectivity index (χ3n) is 2.30. The van der Waals surface area contributed by atoms with Crippen LogP contribution in [-0.4, -0.2) is 7.11 Å². The maximum atomic E-state index is 5.27. The van der Waals surface area contributed by atoms with Gasteiger partial charge in [0.25, 0.3) is 0 Å². The van der Waals surface area contributed by atoms with Crippen molar-refractivity contribution in [1.82, 2.24) is 0 Å². The molecule has 1 heterocycles. The van der Waals surface area contributed by atoms with E-state index in [-0.39, 0.29) is 6.10 Å². The van der Waals surface area contributed by atoms with Crippen LogP contribution in [0.25, 0.3) is 10.1 Å². The second kappa shape index (κ2) is 3.48. The van der Waals surface area contributed by atoms with Gasteiger partial charge in [0.2, 0.25) is 0 Å².